The van der Waals surface area contributed by atoms with Crippen LogP contribution >= 0.6 is 0 Å². The number of nitrogens with one attached hydrogen (secondary N) is 4. The minimum absolute atomic E-state index is 0.0549. The molecule has 3 aromatic rings. The lowest BCUT2D eigenvalue weighted by Gasteiger charge is -2.39. The second kappa shape index (κ2) is 8.51. The molecule has 1 aromatic carbocycles. The van der Waals surface area contributed by atoms with Gasteiger partial charge >= 0.3 is 0 Å². The van der Waals surface area contributed by atoms with Gasteiger partial charge in [-0.3, -0.25) is 9.78 Å². The lowest BCUT2D eigenvalue weighted by molar-refractivity contribution is 0.0947. The molecule has 2 aliphatic rings. The van der Waals surface area contributed by atoms with Crippen LogP contribution in [0.4, 0.5) is 15.8 Å². The number of nitrogens with zero attached hydrogens (tertiary/aromatic N) is 1. The molecule has 1 unspecified atom stereocenters. The number of rotatable bonds is 7. The zero-order valence-corrected chi connectivity index (χ0v) is 18.8. The van der Waals surface area contributed by atoms with Gasteiger partial charge in [0.2, 0.25) is 0 Å². The van der Waals surface area contributed by atoms with Gasteiger partial charge in [-0.15, -0.1) is 0 Å². The molecule has 0 aliphatic carbocycles. The van der Waals surface area contributed by atoms with Crippen molar-refractivity contribution in [1.29, 1.82) is 0 Å². The Bertz CT molecular complexity index is 1200. The number of carbonyl (C=O) groups is 1. The van der Waals surface area contributed by atoms with Gasteiger partial charge in [0.05, 0.1) is 28.7 Å². The highest BCUT2D eigenvalue weighted by Gasteiger charge is 2.33. The topological polar surface area (TPSA) is 91.1 Å². The van der Waals surface area contributed by atoms with E-state index < -0.39 is 0 Å². The first-order valence-electron chi connectivity index (χ1n) is 11.4. The second-order valence-electron chi connectivity index (χ2n) is 8.88. The Morgan fingerprint density at radius 3 is 2.88 bits per heavy atom. The normalized spacial score (nSPS) is 19.4. The molecule has 0 radical (unpaired) electrons. The summed E-state index contributed by atoms with van der Waals surface area (Å²) < 4.78 is 20.7. The molecule has 2 aromatic heterocycles. The van der Waals surface area contributed by atoms with Crippen LogP contribution < -0.4 is 20.7 Å². The zero-order valence-electron chi connectivity index (χ0n) is 18.8. The van der Waals surface area contributed by atoms with Gasteiger partial charge in [-0.25, -0.2) is 4.39 Å². The molecule has 1 amide bonds. The molecule has 1 atom stereocenters. The highest BCUT2D eigenvalue weighted by Crippen LogP contribution is 2.41. The number of hydrogen-bond donors (Lipinski definition) is 4. The van der Waals surface area contributed by atoms with Crippen molar-refractivity contribution in [3.63, 3.8) is 0 Å². The second-order valence-corrected chi connectivity index (χ2v) is 8.88. The fourth-order valence-corrected chi connectivity index (χ4v) is 4.49. The van der Waals surface area contributed by atoms with Crippen molar-refractivity contribution in [2.24, 2.45) is 0 Å². The van der Waals surface area contributed by atoms with Crippen molar-refractivity contribution in [2.45, 2.75) is 38.6 Å². The Balaban J connectivity index is 1.59. The maximum absolute atomic E-state index is 14.5. The summed E-state index contributed by atoms with van der Waals surface area (Å²) in [5.74, 6) is 0.204. The quantitative estimate of drug-likeness (QED) is 0.439. The molecule has 4 heterocycles. The van der Waals surface area contributed by atoms with Crippen molar-refractivity contribution in [3.8, 4) is 17.0 Å². The van der Waals surface area contributed by atoms with Crippen LogP contribution in [0.3, 0.4) is 0 Å². The highest BCUT2D eigenvalue weighted by atomic mass is 19.1. The van der Waals surface area contributed by atoms with Crippen LogP contribution in [0.1, 0.15) is 41.9 Å². The van der Waals surface area contributed by atoms with Crippen LogP contribution in [0, 0.1) is 5.82 Å². The molecule has 2 aliphatic heterocycles. The van der Waals surface area contributed by atoms with Gasteiger partial charge in [-0.1, -0.05) is 13.0 Å². The fraction of sp³-hybridized carbons (Fsp3) is 0.360. The van der Waals surface area contributed by atoms with E-state index in [9.17, 15) is 9.18 Å². The average Bonchev–Trinajstić information content (AvgIpc) is 3.16. The molecule has 1 saturated heterocycles. The minimum Gasteiger partial charge on any atom is -0.489 e. The lowest BCUT2D eigenvalue weighted by atomic mass is 9.91. The third-order valence-electron chi connectivity index (χ3n) is 6.53. The summed E-state index contributed by atoms with van der Waals surface area (Å²) in [6.07, 6.45) is 5.66. The largest absolute Gasteiger partial charge is 0.489 e. The van der Waals surface area contributed by atoms with Crippen LogP contribution in [0.2, 0.25) is 0 Å². The smallest absolute Gasteiger partial charge is 0.255 e. The molecular weight excluding hydrogens is 421 g/mol. The summed E-state index contributed by atoms with van der Waals surface area (Å²) in [5, 5.41) is 9.70. The van der Waals surface area contributed by atoms with Gasteiger partial charge < -0.3 is 25.7 Å². The number of ether oxygens (including phenoxy) is 1. The lowest BCUT2D eigenvalue weighted by Crippen LogP contribution is -2.58. The van der Waals surface area contributed by atoms with E-state index in [0.717, 1.165) is 29.9 Å². The predicted molar refractivity (Wildman–Crippen MR) is 126 cm³/mol. The SMILES string of the molecule is CCc1c(F)cccc1Nc1c(-c2ccncc2OCC2(C)CCN2)[nH]c2c1C(=O)NCC2. The molecule has 5 rings (SSSR count). The van der Waals surface area contributed by atoms with Gasteiger partial charge in [-0.2, -0.15) is 0 Å². The monoisotopic (exact) mass is 449 g/mol. The van der Waals surface area contributed by atoms with E-state index in [2.05, 4.69) is 32.8 Å². The minimum atomic E-state index is -0.271. The highest BCUT2D eigenvalue weighted by molar-refractivity contribution is 6.06. The van der Waals surface area contributed by atoms with Gasteiger partial charge in [0.1, 0.15) is 18.2 Å². The van der Waals surface area contributed by atoms with Crippen LogP contribution in [0.15, 0.2) is 36.7 Å². The van der Waals surface area contributed by atoms with Crippen molar-refractivity contribution < 1.29 is 13.9 Å². The Morgan fingerprint density at radius 2 is 2.12 bits per heavy atom. The summed E-state index contributed by atoms with van der Waals surface area (Å²) in [5.41, 5.74) is 4.71. The number of amides is 1. The predicted octanol–water partition coefficient (Wildman–Crippen LogP) is 3.94. The molecule has 33 heavy (non-hydrogen) atoms. The molecule has 172 valence electrons. The van der Waals surface area contributed by atoms with Crippen LogP contribution in [-0.4, -0.2) is 41.1 Å². The summed E-state index contributed by atoms with van der Waals surface area (Å²) in [6.45, 7) is 6.11. The molecule has 4 N–H and O–H groups in total. The van der Waals surface area contributed by atoms with Crippen molar-refractivity contribution in [3.05, 3.63) is 59.3 Å². The number of anilines is 2. The number of benzene rings is 1. The third-order valence-corrected chi connectivity index (χ3v) is 6.53. The first kappa shape index (κ1) is 21.5. The summed E-state index contributed by atoms with van der Waals surface area (Å²) in [7, 11) is 0. The van der Waals surface area contributed by atoms with E-state index in [1.54, 1.807) is 18.5 Å². The Labute approximate surface area is 192 Å². The number of pyridine rings is 1. The first-order valence-corrected chi connectivity index (χ1v) is 11.4. The summed E-state index contributed by atoms with van der Waals surface area (Å²) >= 11 is 0. The van der Waals surface area contributed by atoms with Crippen molar-refractivity contribution >= 4 is 17.3 Å². The van der Waals surface area contributed by atoms with Crippen LogP contribution in [0.25, 0.3) is 11.3 Å². The average molecular weight is 450 g/mol. The van der Waals surface area contributed by atoms with E-state index in [1.165, 1.54) is 6.07 Å². The van der Waals surface area contributed by atoms with E-state index in [4.69, 9.17) is 4.74 Å². The number of carbonyl (C=O) groups excluding carboxylic acids is 1. The van der Waals surface area contributed by atoms with Crippen molar-refractivity contribution in [1.82, 2.24) is 20.6 Å². The number of hydrogen-bond acceptors (Lipinski definition) is 5. The molecule has 8 heteroatoms. The number of aromatic amines is 1. The third kappa shape index (κ3) is 3.95. The van der Waals surface area contributed by atoms with Gasteiger partial charge in [0.15, 0.2) is 0 Å². The number of aromatic nitrogens is 2. The number of H-pyrrole nitrogens is 1. The van der Waals surface area contributed by atoms with Crippen molar-refractivity contribution in [2.75, 3.05) is 25.0 Å². The number of halogens is 1. The van der Waals surface area contributed by atoms with E-state index in [1.807, 2.05) is 19.1 Å². The Morgan fingerprint density at radius 1 is 1.27 bits per heavy atom. The molecule has 0 spiro atoms. The number of fused-ring (bicyclic) bond motifs is 1. The maximum atomic E-state index is 14.5. The fourth-order valence-electron chi connectivity index (χ4n) is 4.49. The molecule has 0 bridgehead atoms. The van der Waals surface area contributed by atoms with E-state index in [0.29, 0.717) is 54.2 Å². The molecule has 1 fully saturated rings. The van der Waals surface area contributed by atoms with Crippen LogP contribution in [-0.2, 0) is 12.8 Å². The first-order chi connectivity index (χ1) is 16.0. The van der Waals surface area contributed by atoms with Gasteiger partial charge in [0, 0.05) is 41.7 Å². The standard InChI is InChI=1S/C25H28FN5O2/c1-3-15-17(26)5-4-6-18(15)30-23-21-19(8-11-28-24(21)32)31-22(23)16-7-10-27-13-20(16)33-14-25(2)9-12-29-25/h4-7,10,13,29-31H,3,8-9,11-12,14H2,1-2H3,(H,28,32). The summed E-state index contributed by atoms with van der Waals surface area (Å²) in [4.78, 5) is 20.6. The van der Waals surface area contributed by atoms with Crippen LogP contribution in [0.5, 0.6) is 5.75 Å². The van der Waals surface area contributed by atoms with E-state index in [-0.39, 0.29) is 17.3 Å². The molecule has 0 saturated carbocycles. The Kier molecular flexibility index (Phi) is 5.54. The summed E-state index contributed by atoms with van der Waals surface area (Å²) in [6, 6.07) is 6.83. The molecular formula is C25H28FN5O2. The Hall–Kier alpha value is -3.39. The molecule has 7 nitrogen and oxygen atoms in total. The van der Waals surface area contributed by atoms with Gasteiger partial charge in [0.25, 0.3) is 5.91 Å². The van der Waals surface area contributed by atoms with E-state index >= 15 is 0 Å². The van der Waals surface area contributed by atoms with Gasteiger partial charge in [-0.05, 0) is 44.5 Å². The maximum Gasteiger partial charge on any atom is 0.255 e. The zero-order chi connectivity index (χ0) is 23.0.